The molecule has 2 aromatic rings. The second kappa shape index (κ2) is 4.06. The van der Waals surface area contributed by atoms with E-state index in [0.29, 0.717) is 14.7 Å². The molecule has 0 aliphatic rings. The van der Waals surface area contributed by atoms with E-state index >= 15 is 0 Å². The molecule has 0 aliphatic heterocycles. The lowest BCUT2D eigenvalue weighted by molar-refractivity contribution is 0.573. The molecule has 2 heterocycles. The Hall–Kier alpha value is -1.08. The minimum Gasteiger partial charge on any atom is -0.295 e. The van der Waals surface area contributed by atoms with Crippen molar-refractivity contribution in [3.05, 3.63) is 16.7 Å². The van der Waals surface area contributed by atoms with Crippen LogP contribution >= 0.6 is 11.3 Å². The zero-order valence-corrected chi connectivity index (χ0v) is 10.8. The molecule has 0 bridgehead atoms. The first-order valence-electron chi connectivity index (χ1n) is 4.72. The van der Waals surface area contributed by atoms with Crippen molar-refractivity contribution in [2.24, 2.45) is 0 Å². The van der Waals surface area contributed by atoms with Crippen LogP contribution in [0.3, 0.4) is 0 Å². The van der Waals surface area contributed by atoms with Gasteiger partial charge in [-0.1, -0.05) is 11.3 Å². The zero-order chi connectivity index (χ0) is 11.9. The molecule has 0 fully saturated rings. The zero-order valence-electron chi connectivity index (χ0n) is 9.13. The van der Waals surface area contributed by atoms with Gasteiger partial charge in [0.25, 0.3) is 5.56 Å². The van der Waals surface area contributed by atoms with E-state index in [-0.39, 0.29) is 11.6 Å². The summed E-state index contributed by atoms with van der Waals surface area (Å²) in [6, 6.07) is 0.0432. The summed E-state index contributed by atoms with van der Waals surface area (Å²) < 4.78 is 13.2. The van der Waals surface area contributed by atoms with Crippen LogP contribution < -0.4 is 5.56 Å². The van der Waals surface area contributed by atoms with E-state index in [9.17, 15) is 9.00 Å². The Labute approximate surface area is 98.6 Å². The van der Waals surface area contributed by atoms with Crippen LogP contribution in [-0.2, 0) is 10.8 Å². The van der Waals surface area contributed by atoms with Gasteiger partial charge >= 0.3 is 0 Å². The van der Waals surface area contributed by atoms with Crippen LogP contribution in [0.15, 0.2) is 15.5 Å². The molecule has 0 amide bonds. The summed E-state index contributed by atoms with van der Waals surface area (Å²) in [5, 5.41) is 0. The van der Waals surface area contributed by atoms with Gasteiger partial charge in [-0.05, 0) is 13.8 Å². The predicted octanol–water partition coefficient (Wildman–Crippen LogP) is 1.17. The second-order valence-electron chi connectivity index (χ2n) is 3.64. The van der Waals surface area contributed by atoms with Gasteiger partial charge in [-0.2, -0.15) is 0 Å². The van der Waals surface area contributed by atoms with Crippen molar-refractivity contribution in [1.82, 2.24) is 14.5 Å². The molecule has 1 atom stereocenters. The quantitative estimate of drug-likeness (QED) is 0.810. The van der Waals surface area contributed by atoms with Crippen molar-refractivity contribution >= 4 is 32.5 Å². The molecule has 0 aliphatic carbocycles. The van der Waals surface area contributed by atoms with E-state index in [1.807, 2.05) is 13.8 Å². The van der Waals surface area contributed by atoms with Crippen molar-refractivity contribution in [3.8, 4) is 0 Å². The maximum atomic E-state index is 12.0. The van der Waals surface area contributed by atoms with Gasteiger partial charge in [-0.25, -0.2) is 9.97 Å². The maximum Gasteiger partial charge on any atom is 0.281 e. The van der Waals surface area contributed by atoms with Crippen molar-refractivity contribution < 1.29 is 4.21 Å². The van der Waals surface area contributed by atoms with Crippen LogP contribution in [0, 0.1) is 0 Å². The Kier molecular flexibility index (Phi) is 2.90. The van der Waals surface area contributed by atoms with E-state index in [2.05, 4.69) is 9.97 Å². The summed E-state index contributed by atoms with van der Waals surface area (Å²) in [7, 11) is -1.17. The molecular formula is C9H11N3O2S2. The Morgan fingerprint density at radius 3 is 2.75 bits per heavy atom. The highest BCUT2D eigenvalue weighted by molar-refractivity contribution is 7.86. The number of hydrogen-bond donors (Lipinski definition) is 0. The molecule has 0 saturated carbocycles. The van der Waals surface area contributed by atoms with E-state index in [1.54, 1.807) is 6.26 Å². The SMILES string of the molecule is CC(C)n1cnc2sc(S(C)=O)nc2c1=O. The summed E-state index contributed by atoms with van der Waals surface area (Å²) in [6.45, 7) is 3.81. The van der Waals surface area contributed by atoms with Gasteiger partial charge in [0.2, 0.25) is 0 Å². The van der Waals surface area contributed by atoms with E-state index in [0.717, 1.165) is 0 Å². The lowest BCUT2D eigenvalue weighted by atomic mass is 10.4. The topological polar surface area (TPSA) is 64.8 Å². The summed E-state index contributed by atoms with van der Waals surface area (Å²) in [6.07, 6.45) is 3.05. The monoisotopic (exact) mass is 257 g/mol. The summed E-state index contributed by atoms with van der Waals surface area (Å²) in [5.41, 5.74) is 0.138. The summed E-state index contributed by atoms with van der Waals surface area (Å²) in [4.78, 5) is 20.8. The third-order valence-corrected chi connectivity index (χ3v) is 4.42. The third kappa shape index (κ3) is 1.80. The predicted molar refractivity (Wildman–Crippen MR) is 64.4 cm³/mol. The van der Waals surface area contributed by atoms with Gasteiger partial charge in [-0.15, -0.1) is 0 Å². The fourth-order valence-corrected chi connectivity index (χ4v) is 2.86. The first-order chi connectivity index (χ1) is 7.50. The molecule has 1 unspecified atom stereocenters. The lowest BCUT2D eigenvalue weighted by Crippen LogP contribution is -2.22. The van der Waals surface area contributed by atoms with Crippen molar-refractivity contribution in [1.29, 1.82) is 0 Å². The van der Waals surface area contributed by atoms with Crippen molar-refractivity contribution in [2.75, 3.05) is 6.26 Å². The molecule has 0 aromatic carbocycles. The Morgan fingerprint density at radius 1 is 1.50 bits per heavy atom. The molecule has 0 saturated heterocycles. The lowest BCUT2D eigenvalue weighted by Gasteiger charge is -2.06. The minimum absolute atomic E-state index is 0.0432. The van der Waals surface area contributed by atoms with Gasteiger partial charge in [0, 0.05) is 12.3 Å². The van der Waals surface area contributed by atoms with Crippen LogP contribution in [0.4, 0.5) is 0 Å². The number of aromatic nitrogens is 3. The fraction of sp³-hybridized carbons (Fsp3) is 0.444. The average Bonchev–Trinajstić information content (AvgIpc) is 2.62. The molecule has 2 rings (SSSR count). The van der Waals surface area contributed by atoms with E-state index < -0.39 is 10.8 Å². The van der Waals surface area contributed by atoms with Crippen LogP contribution in [0.1, 0.15) is 19.9 Å². The fourth-order valence-electron chi connectivity index (χ4n) is 1.30. The van der Waals surface area contributed by atoms with Crippen molar-refractivity contribution in [2.45, 2.75) is 24.2 Å². The van der Waals surface area contributed by atoms with Crippen molar-refractivity contribution in [3.63, 3.8) is 0 Å². The first-order valence-corrected chi connectivity index (χ1v) is 7.09. The van der Waals surface area contributed by atoms with Crippen LogP contribution in [0.5, 0.6) is 0 Å². The van der Waals surface area contributed by atoms with Gasteiger partial charge in [-0.3, -0.25) is 13.6 Å². The highest BCUT2D eigenvalue weighted by Gasteiger charge is 2.13. The van der Waals surface area contributed by atoms with Crippen LogP contribution in [0.2, 0.25) is 0 Å². The van der Waals surface area contributed by atoms with Gasteiger partial charge in [0.05, 0.1) is 17.1 Å². The van der Waals surface area contributed by atoms with E-state index in [4.69, 9.17) is 0 Å². The number of hydrogen-bond acceptors (Lipinski definition) is 5. The normalized spacial score (nSPS) is 13.5. The summed E-state index contributed by atoms with van der Waals surface area (Å²) in [5.74, 6) is 0. The number of thiazole rings is 1. The molecular weight excluding hydrogens is 246 g/mol. The highest BCUT2D eigenvalue weighted by atomic mass is 32.2. The third-order valence-electron chi connectivity index (χ3n) is 2.13. The Bertz CT molecular complexity index is 615. The Balaban J connectivity index is 2.75. The van der Waals surface area contributed by atoms with Gasteiger partial charge in [0.1, 0.15) is 0 Å². The molecule has 0 spiro atoms. The molecule has 5 nitrogen and oxygen atoms in total. The largest absolute Gasteiger partial charge is 0.295 e. The van der Waals surface area contributed by atoms with Gasteiger partial charge in [0.15, 0.2) is 14.7 Å². The number of fused-ring (bicyclic) bond motifs is 1. The molecule has 7 heteroatoms. The highest BCUT2D eigenvalue weighted by Crippen LogP contribution is 2.19. The standard InChI is InChI=1S/C9H11N3O2S2/c1-5(2)12-4-10-7-6(8(12)13)11-9(15-7)16(3)14/h4-5H,1-3H3. The molecule has 2 aromatic heterocycles. The molecule has 86 valence electrons. The van der Waals surface area contributed by atoms with E-state index in [1.165, 1.54) is 22.2 Å². The van der Waals surface area contributed by atoms with Crippen LogP contribution in [-0.4, -0.2) is 25.0 Å². The first kappa shape index (κ1) is 11.4. The average molecular weight is 257 g/mol. The molecule has 16 heavy (non-hydrogen) atoms. The second-order valence-corrected chi connectivity index (χ2v) is 6.17. The maximum absolute atomic E-state index is 12.0. The Morgan fingerprint density at radius 2 is 2.19 bits per heavy atom. The molecule has 0 radical (unpaired) electrons. The van der Waals surface area contributed by atoms with Crippen LogP contribution in [0.25, 0.3) is 10.3 Å². The minimum atomic E-state index is -1.17. The number of rotatable bonds is 2. The number of nitrogens with zero attached hydrogens (tertiary/aromatic N) is 3. The smallest absolute Gasteiger partial charge is 0.281 e. The molecule has 0 N–H and O–H groups in total. The van der Waals surface area contributed by atoms with Gasteiger partial charge < -0.3 is 0 Å². The summed E-state index contributed by atoms with van der Waals surface area (Å²) >= 11 is 1.20.